The Hall–Kier alpha value is -0.320. The number of hydrogen-bond donors (Lipinski definition) is 1. The number of likely N-dealkylation sites (N-methyl/N-ethyl adjacent to an activating group) is 1. The second kappa shape index (κ2) is 4.68. The molecule has 2 atom stereocenters. The van der Waals surface area contributed by atoms with Crippen molar-refractivity contribution in [3.8, 4) is 0 Å². The van der Waals surface area contributed by atoms with Gasteiger partial charge in [0.05, 0.1) is 16.8 Å². The molecule has 0 fully saturated rings. The van der Waals surface area contributed by atoms with Gasteiger partial charge in [0.1, 0.15) is 5.76 Å². The van der Waals surface area contributed by atoms with Gasteiger partial charge in [-0.05, 0) is 49.4 Å². The second-order valence-electron chi connectivity index (χ2n) is 4.22. The van der Waals surface area contributed by atoms with Crippen molar-refractivity contribution >= 4 is 15.9 Å². The summed E-state index contributed by atoms with van der Waals surface area (Å²) in [4.78, 5) is 2.15. The summed E-state index contributed by atoms with van der Waals surface area (Å²) in [5.41, 5.74) is 6.17. The lowest BCUT2D eigenvalue weighted by Gasteiger charge is -2.40. The maximum Gasteiger partial charge on any atom is 0.136 e. The fourth-order valence-corrected chi connectivity index (χ4v) is 2.07. The third kappa shape index (κ3) is 2.27. The van der Waals surface area contributed by atoms with E-state index < -0.39 is 0 Å². The minimum atomic E-state index is -0.137. The van der Waals surface area contributed by atoms with E-state index in [4.69, 9.17) is 10.2 Å². The molecule has 0 aliphatic heterocycles. The summed E-state index contributed by atoms with van der Waals surface area (Å²) in [6, 6.07) is 1.74. The summed E-state index contributed by atoms with van der Waals surface area (Å²) in [7, 11) is 4.08. The van der Waals surface area contributed by atoms with Crippen molar-refractivity contribution in [2.45, 2.75) is 31.8 Å². The first-order chi connectivity index (χ1) is 6.93. The number of halogens is 1. The molecule has 0 bridgehead atoms. The number of nitrogens with two attached hydrogens (primary N) is 1. The highest BCUT2D eigenvalue weighted by molar-refractivity contribution is 9.10. The molecule has 2 unspecified atom stereocenters. The normalized spacial score (nSPS) is 17.8. The van der Waals surface area contributed by atoms with Gasteiger partial charge in [0, 0.05) is 5.54 Å². The lowest BCUT2D eigenvalue weighted by Crippen LogP contribution is -2.49. The summed E-state index contributed by atoms with van der Waals surface area (Å²) < 4.78 is 6.37. The molecule has 0 saturated heterocycles. The van der Waals surface area contributed by atoms with Crippen LogP contribution in [0.25, 0.3) is 0 Å². The first-order valence-electron chi connectivity index (χ1n) is 5.09. The van der Waals surface area contributed by atoms with Gasteiger partial charge in [0.2, 0.25) is 0 Å². The highest BCUT2D eigenvalue weighted by Gasteiger charge is 2.35. The molecule has 0 amide bonds. The summed E-state index contributed by atoms with van der Waals surface area (Å²) in [5, 5.41) is 0. The molecule has 0 aliphatic rings. The molecule has 0 spiro atoms. The fraction of sp³-hybridized carbons (Fsp3) is 0.636. The molecule has 15 heavy (non-hydrogen) atoms. The maximum atomic E-state index is 6.26. The molecular formula is C11H19BrN2O. The number of rotatable bonds is 4. The maximum absolute atomic E-state index is 6.26. The van der Waals surface area contributed by atoms with Gasteiger partial charge < -0.3 is 15.1 Å². The lowest BCUT2D eigenvalue weighted by molar-refractivity contribution is 0.120. The van der Waals surface area contributed by atoms with Crippen LogP contribution in [-0.4, -0.2) is 24.5 Å². The van der Waals surface area contributed by atoms with Crippen LogP contribution in [-0.2, 0) is 0 Å². The van der Waals surface area contributed by atoms with Crippen molar-refractivity contribution < 1.29 is 4.42 Å². The Balaban J connectivity index is 3.02. The van der Waals surface area contributed by atoms with Gasteiger partial charge in [-0.2, -0.15) is 0 Å². The molecular weight excluding hydrogens is 256 g/mol. The summed E-state index contributed by atoms with van der Waals surface area (Å²) >= 11 is 3.45. The predicted octanol–water partition coefficient (Wildman–Crippen LogP) is 2.77. The van der Waals surface area contributed by atoms with Crippen molar-refractivity contribution in [1.82, 2.24) is 4.90 Å². The van der Waals surface area contributed by atoms with Gasteiger partial charge in [-0.3, -0.25) is 0 Å². The number of nitrogens with zero attached hydrogens (tertiary/aromatic N) is 1. The van der Waals surface area contributed by atoms with Gasteiger partial charge >= 0.3 is 0 Å². The van der Waals surface area contributed by atoms with Crippen LogP contribution in [0.1, 0.15) is 32.1 Å². The van der Waals surface area contributed by atoms with Crippen LogP contribution in [0.3, 0.4) is 0 Å². The Morgan fingerprint density at radius 3 is 2.53 bits per heavy atom. The molecule has 2 N–H and O–H groups in total. The molecule has 0 saturated carbocycles. The quantitative estimate of drug-likeness (QED) is 0.918. The SMILES string of the molecule is CCC(C)(C(N)c1occc1Br)N(C)C. The molecule has 1 aromatic heterocycles. The minimum Gasteiger partial charge on any atom is -0.466 e. The van der Waals surface area contributed by atoms with Gasteiger partial charge in [0.15, 0.2) is 0 Å². The molecule has 3 nitrogen and oxygen atoms in total. The van der Waals surface area contributed by atoms with E-state index in [0.29, 0.717) is 0 Å². The fourth-order valence-electron chi connectivity index (χ4n) is 1.62. The van der Waals surface area contributed by atoms with E-state index in [-0.39, 0.29) is 11.6 Å². The smallest absolute Gasteiger partial charge is 0.136 e. The third-order valence-corrected chi connectivity index (χ3v) is 3.99. The zero-order chi connectivity index (χ0) is 11.6. The van der Waals surface area contributed by atoms with E-state index in [0.717, 1.165) is 16.7 Å². The Kier molecular flexibility index (Phi) is 3.98. The zero-order valence-electron chi connectivity index (χ0n) is 9.75. The molecule has 1 aromatic rings. The summed E-state index contributed by atoms with van der Waals surface area (Å²) in [5.74, 6) is 0.813. The summed E-state index contributed by atoms with van der Waals surface area (Å²) in [6.07, 6.45) is 2.62. The highest BCUT2D eigenvalue weighted by Crippen LogP contribution is 2.34. The van der Waals surface area contributed by atoms with E-state index in [2.05, 4.69) is 34.7 Å². The molecule has 0 aromatic carbocycles. The monoisotopic (exact) mass is 274 g/mol. The minimum absolute atomic E-state index is 0.0969. The first-order valence-corrected chi connectivity index (χ1v) is 5.88. The van der Waals surface area contributed by atoms with Crippen LogP contribution in [0.4, 0.5) is 0 Å². The molecule has 1 rings (SSSR count). The van der Waals surface area contributed by atoms with Gasteiger partial charge in [-0.25, -0.2) is 0 Å². The second-order valence-corrected chi connectivity index (χ2v) is 5.07. The van der Waals surface area contributed by atoms with E-state index >= 15 is 0 Å². The van der Waals surface area contributed by atoms with Crippen molar-refractivity contribution in [2.24, 2.45) is 5.73 Å². The Morgan fingerprint density at radius 2 is 2.20 bits per heavy atom. The zero-order valence-corrected chi connectivity index (χ0v) is 11.3. The average molecular weight is 275 g/mol. The van der Waals surface area contributed by atoms with Crippen LogP contribution in [0.5, 0.6) is 0 Å². The van der Waals surface area contributed by atoms with E-state index in [9.17, 15) is 0 Å². The van der Waals surface area contributed by atoms with Crippen LogP contribution < -0.4 is 5.73 Å². The van der Waals surface area contributed by atoms with Gasteiger partial charge in [-0.1, -0.05) is 6.92 Å². The molecule has 0 radical (unpaired) electrons. The van der Waals surface area contributed by atoms with E-state index in [1.165, 1.54) is 0 Å². The molecule has 86 valence electrons. The molecule has 1 heterocycles. The van der Waals surface area contributed by atoms with Gasteiger partial charge in [0.25, 0.3) is 0 Å². The van der Waals surface area contributed by atoms with Crippen molar-refractivity contribution in [3.63, 3.8) is 0 Å². The van der Waals surface area contributed by atoms with Crippen LogP contribution >= 0.6 is 15.9 Å². The van der Waals surface area contributed by atoms with E-state index in [1.54, 1.807) is 6.26 Å². The van der Waals surface area contributed by atoms with Crippen molar-refractivity contribution in [3.05, 3.63) is 22.6 Å². The topological polar surface area (TPSA) is 42.4 Å². The standard InChI is InChI=1S/C11H19BrN2O/c1-5-11(2,14(3)4)10(13)9-8(12)6-7-15-9/h6-7,10H,5,13H2,1-4H3. The number of furan rings is 1. The molecule has 4 heteroatoms. The van der Waals surface area contributed by atoms with Crippen molar-refractivity contribution in [1.29, 1.82) is 0 Å². The van der Waals surface area contributed by atoms with Crippen LogP contribution in [0, 0.1) is 0 Å². The van der Waals surface area contributed by atoms with E-state index in [1.807, 2.05) is 20.2 Å². The Labute approximate surface area is 99.7 Å². The van der Waals surface area contributed by atoms with Crippen LogP contribution in [0.15, 0.2) is 21.2 Å². The average Bonchev–Trinajstić information content (AvgIpc) is 2.61. The van der Waals surface area contributed by atoms with Crippen LogP contribution in [0.2, 0.25) is 0 Å². The number of hydrogen-bond acceptors (Lipinski definition) is 3. The Bertz CT molecular complexity index is 324. The first kappa shape index (κ1) is 12.7. The highest BCUT2D eigenvalue weighted by atomic mass is 79.9. The Morgan fingerprint density at radius 1 is 1.60 bits per heavy atom. The lowest BCUT2D eigenvalue weighted by atomic mass is 9.87. The third-order valence-electron chi connectivity index (χ3n) is 3.33. The predicted molar refractivity (Wildman–Crippen MR) is 65.7 cm³/mol. The van der Waals surface area contributed by atoms with Gasteiger partial charge in [-0.15, -0.1) is 0 Å². The summed E-state index contributed by atoms with van der Waals surface area (Å²) in [6.45, 7) is 4.28. The molecule has 0 aliphatic carbocycles. The van der Waals surface area contributed by atoms with Crippen molar-refractivity contribution in [2.75, 3.05) is 14.1 Å². The largest absolute Gasteiger partial charge is 0.466 e.